The Kier molecular flexibility index (Phi) is 5.20. The molecule has 8 nitrogen and oxygen atoms in total. The van der Waals surface area contributed by atoms with Gasteiger partial charge in [0.2, 0.25) is 0 Å². The summed E-state index contributed by atoms with van der Waals surface area (Å²) in [7, 11) is 4.24. The van der Waals surface area contributed by atoms with Gasteiger partial charge in [-0.3, -0.25) is 14.9 Å². The molecule has 0 aromatic heterocycles. The SMILES string of the molecule is COc1cc([N+](=O)[O-])ccc1NC(=O)c1c(OC)cccc1OC. The molecular formula is C16H16N2O6. The van der Waals surface area contributed by atoms with E-state index in [2.05, 4.69) is 5.32 Å². The first kappa shape index (κ1) is 17.1. The summed E-state index contributed by atoms with van der Waals surface area (Å²) in [5, 5.41) is 13.5. The van der Waals surface area contributed by atoms with E-state index in [9.17, 15) is 14.9 Å². The van der Waals surface area contributed by atoms with Gasteiger partial charge in [0.25, 0.3) is 11.6 Å². The number of carbonyl (C=O) groups excluding carboxylic acids is 1. The number of amides is 1. The number of non-ortho nitro benzene ring substituents is 1. The number of anilines is 1. The summed E-state index contributed by atoms with van der Waals surface area (Å²) in [6.07, 6.45) is 0. The minimum Gasteiger partial charge on any atom is -0.496 e. The molecular weight excluding hydrogens is 316 g/mol. The fourth-order valence-corrected chi connectivity index (χ4v) is 2.16. The number of ether oxygens (including phenoxy) is 3. The number of carbonyl (C=O) groups is 1. The Hall–Kier alpha value is -3.29. The van der Waals surface area contributed by atoms with Gasteiger partial charge in [-0.05, 0) is 18.2 Å². The third-order valence-corrected chi connectivity index (χ3v) is 3.30. The lowest BCUT2D eigenvalue weighted by Gasteiger charge is -2.14. The van der Waals surface area contributed by atoms with Crippen molar-refractivity contribution in [3.8, 4) is 17.2 Å². The normalized spacial score (nSPS) is 9.96. The number of nitrogens with one attached hydrogen (secondary N) is 1. The van der Waals surface area contributed by atoms with E-state index in [1.165, 1.54) is 39.5 Å². The lowest BCUT2D eigenvalue weighted by Crippen LogP contribution is -2.15. The summed E-state index contributed by atoms with van der Waals surface area (Å²) >= 11 is 0. The van der Waals surface area contributed by atoms with Crippen LogP contribution in [-0.4, -0.2) is 32.2 Å². The van der Waals surface area contributed by atoms with Crippen LogP contribution in [0.4, 0.5) is 11.4 Å². The highest BCUT2D eigenvalue weighted by molar-refractivity contribution is 6.08. The maximum atomic E-state index is 12.6. The molecule has 126 valence electrons. The molecule has 0 bridgehead atoms. The van der Waals surface area contributed by atoms with Crippen LogP contribution >= 0.6 is 0 Å². The highest BCUT2D eigenvalue weighted by Gasteiger charge is 2.20. The summed E-state index contributed by atoms with van der Waals surface area (Å²) in [5.41, 5.74) is 0.365. The minimum absolute atomic E-state index is 0.139. The van der Waals surface area contributed by atoms with Crippen molar-refractivity contribution in [2.75, 3.05) is 26.6 Å². The average Bonchev–Trinajstić information content (AvgIpc) is 2.60. The molecule has 2 aromatic carbocycles. The number of hydrogen-bond acceptors (Lipinski definition) is 6. The number of nitro benzene ring substituents is 1. The molecule has 0 unspecified atom stereocenters. The molecule has 0 heterocycles. The monoisotopic (exact) mass is 332 g/mol. The number of nitrogens with zero attached hydrogens (tertiary/aromatic N) is 1. The Morgan fingerprint density at radius 3 is 2.08 bits per heavy atom. The van der Waals surface area contributed by atoms with Crippen molar-refractivity contribution in [3.05, 3.63) is 52.1 Å². The zero-order valence-corrected chi connectivity index (χ0v) is 13.4. The van der Waals surface area contributed by atoms with Crippen molar-refractivity contribution in [3.63, 3.8) is 0 Å². The van der Waals surface area contributed by atoms with E-state index in [1.54, 1.807) is 18.2 Å². The first-order chi connectivity index (χ1) is 11.5. The molecule has 0 atom stereocenters. The minimum atomic E-state index is -0.544. The number of nitro groups is 1. The molecule has 0 saturated carbocycles. The summed E-state index contributed by atoms with van der Waals surface area (Å²) in [5.74, 6) is 0.364. The van der Waals surface area contributed by atoms with E-state index >= 15 is 0 Å². The Bertz CT molecular complexity index is 753. The second-order valence-corrected chi connectivity index (χ2v) is 4.63. The fraction of sp³-hybridized carbons (Fsp3) is 0.188. The lowest BCUT2D eigenvalue weighted by atomic mass is 10.1. The molecule has 0 aliphatic heterocycles. The number of hydrogen-bond donors (Lipinski definition) is 1. The molecule has 0 saturated heterocycles. The second-order valence-electron chi connectivity index (χ2n) is 4.63. The van der Waals surface area contributed by atoms with Gasteiger partial charge in [0.1, 0.15) is 22.8 Å². The highest BCUT2D eigenvalue weighted by atomic mass is 16.6. The quantitative estimate of drug-likeness (QED) is 0.645. The largest absolute Gasteiger partial charge is 0.496 e. The van der Waals surface area contributed by atoms with E-state index in [0.29, 0.717) is 17.2 Å². The molecule has 0 aliphatic carbocycles. The average molecular weight is 332 g/mol. The Morgan fingerprint density at radius 2 is 1.58 bits per heavy atom. The molecule has 0 spiro atoms. The van der Waals surface area contributed by atoms with Gasteiger partial charge < -0.3 is 19.5 Å². The van der Waals surface area contributed by atoms with Gasteiger partial charge in [-0.1, -0.05) is 6.07 Å². The molecule has 1 N–H and O–H groups in total. The van der Waals surface area contributed by atoms with Gasteiger partial charge in [-0.15, -0.1) is 0 Å². The molecule has 8 heteroatoms. The number of methoxy groups -OCH3 is 3. The van der Waals surface area contributed by atoms with Gasteiger partial charge in [0.15, 0.2) is 0 Å². The van der Waals surface area contributed by atoms with Crippen molar-refractivity contribution >= 4 is 17.3 Å². The molecule has 0 radical (unpaired) electrons. The van der Waals surface area contributed by atoms with Crippen LogP contribution in [-0.2, 0) is 0 Å². The van der Waals surface area contributed by atoms with Crippen LogP contribution in [0.25, 0.3) is 0 Å². The predicted molar refractivity (Wildman–Crippen MR) is 87.1 cm³/mol. The van der Waals surface area contributed by atoms with E-state index in [4.69, 9.17) is 14.2 Å². The number of rotatable bonds is 6. The molecule has 2 rings (SSSR count). The Labute approximate surface area is 138 Å². The van der Waals surface area contributed by atoms with Crippen LogP contribution in [0.15, 0.2) is 36.4 Å². The van der Waals surface area contributed by atoms with E-state index in [0.717, 1.165) is 0 Å². The Balaban J connectivity index is 2.39. The standard InChI is InChI=1S/C16H16N2O6/c1-22-12-5-4-6-13(23-2)15(12)16(19)17-11-8-7-10(18(20)21)9-14(11)24-3/h4-9H,1-3H3,(H,17,19). The Morgan fingerprint density at radius 1 is 1.00 bits per heavy atom. The summed E-state index contributed by atoms with van der Waals surface area (Å²) in [6.45, 7) is 0. The number of benzene rings is 2. The van der Waals surface area contributed by atoms with Crippen molar-refractivity contribution in [1.82, 2.24) is 0 Å². The van der Waals surface area contributed by atoms with Crippen LogP contribution in [0, 0.1) is 10.1 Å². The van der Waals surface area contributed by atoms with Gasteiger partial charge in [0, 0.05) is 6.07 Å². The van der Waals surface area contributed by atoms with Gasteiger partial charge in [-0.25, -0.2) is 0 Å². The van der Waals surface area contributed by atoms with Crippen LogP contribution in [0.1, 0.15) is 10.4 Å². The van der Waals surface area contributed by atoms with E-state index in [1.807, 2.05) is 0 Å². The zero-order chi connectivity index (χ0) is 17.7. The topological polar surface area (TPSA) is 99.9 Å². The molecule has 2 aromatic rings. The third-order valence-electron chi connectivity index (χ3n) is 3.30. The molecule has 24 heavy (non-hydrogen) atoms. The van der Waals surface area contributed by atoms with Crippen LogP contribution < -0.4 is 19.5 Å². The smallest absolute Gasteiger partial charge is 0.273 e. The van der Waals surface area contributed by atoms with Gasteiger partial charge in [-0.2, -0.15) is 0 Å². The second kappa shape index (κ2) is 7.32. The third kappa shape index (κ3) is 3.37. The molecule has 1 amide bonds. The maximum absolute atomic E-state index is 12.6. The summed E-state index contributed by atoms with van der Waals surface area (Å²) < 4.78 is 15.5. The molecule has 0 aliphatic rings. The van der Waals surface area contributed by atoms with Crippen LogP contribution in [0.3, 0.4) is 0 Å². The fourth-order valence-electron chi connectivity index (χ4n) is 2.16. The van der Waals surface area contributed by atoms with Gasteiger partial charge in [0.05, 0.1) is 38.0 Å². The van der Waals surface area contributed by atoms with Crippen molar-refractivity contribution < 1.29 is 23.9 Å². The van der Waals surface area contributed by atoms with Crippen LogP contribution in [0.2, 0.25) is 0 Å². The lowest BCUT2D eigenvalue weighted by molar-refractivity contribution is -0.384. The maximum Gasteiger partial charge on any atom is 0.273 e. The van der Waals surface area contributed by atoms with E-state index in [-0.39, 0.29) is 17.0 Å². The zero-order valence-electron chi connectivity index (χ0n) is 13.4. The predicted octanol–water partition coefficient (Wildman–Crippen LogP) is 2.87. The first-order valence-corrected chi connectivity index (χ1v) is 6.86. The van der Waals surface area contributed by atoms with Crippen molar-refractivity contribution in [2.45, 2.75) is 0 Å². The first-order valence-electron chi connectivity index (χ1n) is 6.86. The highest BCUT2D eigenvalue weighted by Crippen LogP contribution is 2.32. The van der Waals surface area contributed by atoms with E-state index < -0.39 is 10.8 Å². The van der Waals surface area contributed by atoms with Crippen LogP contribution in [0.5, 0.6) is 17.2 Å². The van der Waals surface area contributed by atoms with Gasteiger partial charge >= 0.3 is 0 Å². The summed E-state index contributed by atoms with van der Waals surface area (Å²) in [6, 6.07) is 8.86. The van der Waals surface area contributed by atoms with Crippen molar-refractivity contribution in [2.24, 2.45) is 0 Å². The summed E-state index contributed by atoms with van der Waals surface area (Å²) in [4.78, 5) is 22.9. The van der Waals surface area contributed by atoms with Crippen molar-refractivity contribution in [1.29, 1.82) is 0 Å². The molecule has 0 fully saturated rings.